The molecule has 4 nitrogen and oxygen atoms in total. The highest BCUT2D eigenvalue weighted by molar-refractivity contribution is 7.13. The second-order valence-corrected chi connectivity index (χ2v) is 4.87. The Morgan fingerprint density at radius 1 is 1.47 bits per heavy atom. The molecule has 0 radical (unpaired) electrons. The lowest BCUT2D eigenvalue weighted by Gasteiger charge is -2.09. The first-order valence-corrected chi connectivity index (χ1v) is 6.78. The first kappa shape index (κ1) is 12.3. The third-order valence-corrected chi connectivity index (χ3v) is 3.49. The van der Waals surface area contributed by atoms with Crippen molar-refractivity contribution in [1.29, 1.82) is 0 Å². The number of hydrogen-bond acceptors (Lipinski definition) is 4. The molecule has 2 aromatic rings. The molecular weight excluding hydrogens is 234 g/mol. The van der Waals surface area contributed by atoms with Crippen LogP contribution >= 0.6 is 11.3 Å². The first-order chi connectivity index (χ1) is 8.24. The number of aliphatic hydroxyl groups excluding tert-OH is 1. The van der Waals surface area contributed by atoms with Crippen molar-refractivity contribution in [3.63, 3.8) is 0 Å². The molecule has 0 unspecified atom stereocenters. The summed E-state index contributed by atoms with van der Waals surface area (Å²) in [4.78, 5) is 5.61. The Kier molecular flexibility index (Phi) is 3.91. The van der Waals surface area contributed by atoms with Crippen molar-refractivity contribution in [2.24, 2.45) is 0 Å². The molecule has 0 aliphatic rings. The van der Waals surface area contributed by atoms with Crippen LogP contribution in [0, 0.1) is 0 Å². The summed E-state index contributed by atoms with van der Waals surface area (Å²) in [7, 11) is 0. The SMILES string of the molecule is CCc1nc(-c2cccs2)n(C[C@H](O)CC)n1. The zero-order chi connectivity index (χ0) is 12.3. The maximum Gasteiger partial charge on any atom is 0.168 e. The van der Waals surface area contributed by atoms with Crippen LogP contribution in [0.2, 0.25) is 0 Å². The van der Waals surface area contributed by atoms with Gasteiger partial charge < -0.3 is 5.11 Å². The highest BCUT2D eigenvalue weighted by Crippen LogP contribution is 2.23. The van der Waals surface area contributed by atoms with Gasteiger partial charge in [0.2, 0.25) is 0 Å². The Labute approximate surface area is 105 Å². The Bertz CT molecular complexity index is 464. The van der Waals surface area contributed by atoms with E-state index in [0.717, 1.165) is 29.4 Å². The molecule has 2 heterocycles. The van der Waals surface area contributed by atoms with Gasteiger partial charge in [0, 0.05) is 6.42 Å². The van der Waals surface area contributed by atoms with Crippen molar-refractivity contribution in [3.8, 4) is 10.7 Å². The molecule has 2 aromatic heterocycles. The van der Waals surface area contributed by atoms with Crippen molar-refractivity contribution in [2.75, 3.05) is 0 Å². The molecule has 0 saturated carbocycles. The largest absolute Gasteiger partial charge is 0.391 e. The summed E-state index contributed by atoms with van der Waals surface area (Å²) in [6, 6.07) is 4.03. The van der Waals surface area contributed by atoms with Gasteiger partial charge in [-0.3, -0.25) is 0 Å². The van der Waals surface area contributed by atoms with Gasteiger partial charge in [-0.15, -0.1) is 11.3 Å². The second-order valence-electron chi connectivity index (χ2n) is 3.93. The fraction of sp³-hybridized carbons (Fsp3) is 0.500. The van der Waals surface area contributed by atoms with E-state index in [9.17, 15) is 5.11 Å². The van der Waals surface area contributed by atoms with Gasteiger partial charge in [0.1, 0.15) is 0 Å². The fourth-order valence-electron chi connectivity index (χ4n) is 1.58. The Hall–Kier alpha value is -1.20. The van der Waals surface area contributed by atoms with Gasteiger partial charge >= 0.3 is 0 Å². The molecule has 0 aromatic carbocycles. The molecule has 1 atom stereocenters. The van der Waals surface area contributed by atoms with Crippen LogP contribution in [0.5, 0.6) is 0 Å². The minimum atomic E-state index is -0.361. The van der Waals surface area contributed by atoms with Crippen LogP contribution in [0.4, 0.5) is 0 Å². The van der Waals surface area contributed by atoms with Crippen molar-refractivity contribution in [1.82, 2.24) is 14.8 Å². The van der Waals surface area contributed by atoms with Crippen molar-refractivity contribution < 1.29 is 5.11 Å². The molecule has 17 heavy (non-hydrogen) atoms. The van der Waals surface area contributed by atoms with E-state index in [-0.39, 0.29) is 6.10 Å². The average Bonchev–Trinajstić information content (AvgIpc) is 2.96. The van der Waals surface area contributed by atoms with Crippen molar-refractivity contribution in [2.45, 2.75) is 39.3 Å². The lowest BCUT2D eigenvalue weighted by Crippen LogP contribution is -2.16. The summed E-state index contributed by atoms with van der Waals surface area (Å²) in [5, 5.41) is 16.2. The molecule has 0 amide bonds. The van der Waals surface area contributed by atoms with Gasteiger partial charge in [0.25, 0.3) is 0 Å². The minimum Gasteiger partial charge on any atom is -0.391 e. The van der Waals surface area contributed by atoms with E-state index in [2.05, 4.69) is 10.1 Å². The predicted molar refractivity (Wildman–Crippen MR) is 69.0 cm³/mol. The molecule has 0 bridgehead atoms. The molecule has 0 spiro atoms. The zero-order valence-electron chi connectivity index (χ0n) is 10.1. The summed E-state index contributed by atoms with van der Waals surface area (Å²) >= 11 is 1.64. The Balaban J connectivity index is 2.32. The van der Waals surface area contributed by atoms with Crippen LogP contribution in [0.25, 0.3) is 10.7 Å². The second kappa shape index (κ2) is 5.42. The normalized spacial score (nSPS) is 12.9. The third-order valence-electron chi connectivity index (χ3n) is 2.63. The van der Waals surface area contributed by atoms with E-state index < -0.39 is 0 Å². The van der Waals surface area contributed by atoms with Gasteiger partial charge in [0.05, 0.1) is 17.5 Å². The Morgan fingerprint density at radius 2 is 2.29 bits per heavy atom. The van der Waals surface area contributed by atoms with Gasteiger partial charge in [-0.25, -0.2) is 9.67 Å². The topological polar surface area (TPSA) is 50.9 Å². The van der Waals surface area contributed by atoms with E-state index in [0.29, 0.717) is 6.54 Å². The van der Waals surface area contributed by atoms with E-state index in [1.807, 2.05) is 36.0 Å². The Morgan fingerprint density at radius 3 is 2.88 bits per heavy atom. The van der Waals surface area contributed by atoms with E-state index in [1.165, 1.54) is 0 Å². The lowest BCUT2D eigenvalue weighted by atomic mass is 10.3. The molecule has 92 valence electrons. The molecule has 0 fully saturated rings. The number of thiophene rings is 1. The number of aromatic nitrogens is 3. The first-order valence-electron chi connectivity index (χ1n) is 5.90. The highest BCUT2D eigenvalue weighted by atomic mass is 32.1. The number of aryl methyl sites for hydroxylation is 1. The van der Waals surface area contributed by atoms with Crippen LogP contribution in [-0.2, 0) is 13.0 Å². The van der Waals surface area contributed by atoms with E-state index in [4.69, 9.17) is 0 Å². The fourth-order valence-corrected chi connectivity index (χ4v) is 2.30. The lowest BCUT2D eigenvalue weighted by molar-refractivity contribution is 0.145. The molecule has 5 heteroatoms. The molecule has 0 aliphatic carbocycles. The van der Waals surface area contributed by atoms with Gasteiger partial charge in [-0.1, -0.05) is 19.9 Å². The molecule has 0 saturated heterocycles. The highest BCUT2D eigenvalue weighted by Gasteiger charge is 2.14. The monoisotopic (exact) mass is 251 g/mol. The summed E-state index contributed by atoms with van der Waals surface area (Å²) in [6.45, 7) is 4.51. The van der Waals surface area contributed by atoms with E-state index in [1.54, 1.807) is 11.3 Å². The van der Waals surface area contributed by atoms with Crippen LogP contribution in [0.15, 0.2) is 17.5 Å². The number of nitrogens with zero attached hydrogens (tertiary/aromatic N) is 3. The third kappa shape index (κ3) is 2.73. The quantitative estimate of drug-likeness (QED) is 0.887. The molecular formula is C12H17N3OS. The number of rotatable bonds is 5. The summed E-state index contributed by atoms with van der Waals surface area (Å²) < 4.78 is 1.82. The smallest absolute Gasteiger partial charge is 0.168 e. The standard InChI is InChI=1S/C12H17N3OS/c1-3-9(16)8-15-12(10-6-5-7-17-10)13-11(4-2)14-15/h5-7,9,16H,3-4,8H2,1-2H3/t9-/m1/s1. The zero-order valence-corrected chi connectivity index (χ0v) is 10.9. The summed E-state index contributed by atoms with van der Waals surface area (Å²) in [5.41, 5.74) is 0. The molecule has 0 aliphatic heterocycles. The van der Waals surface area contributed by atoms with Crippen molar-refractivity contribution >= 4 is 11.3 Å². The minimum absolute atomic E-state index is 0.361. The summed E-state index contributed by atoms with van der Waals surface area (Å²) in [5.74, 6) is 1.70. The number of hydrogen-bond donors (Lipinski definition) is 1. The average molecular weight is 251 g/mol. The summed E-state index contributed by atoms with van der Waals surface area (Å²) in [6.07, 6.45) is 1.18. The van der Waals surface area contributed by atoms with Gasteiger partial charge in [0.15, 0.2) is 11.6 Å². The van der Waals surface area contributed by atoms with Crippen LogP contribution in [-0.4, -0.2) is 26.0 Å². The van der Waals surface area contributed by atoms with E-state index >= 15 is 0 Å². The van der Waals surface area contributed by atoms with Crippen LogP contribution in [0.1, 0.15) is 26.1 Å². The maximum absolute atomic E-state index is 9.73. The van der Waals surface area contributed by atoms with Crippen LogP contribution in [0.3, 0.4) is 0 Å². The van der Waals surface area contributed by atoms with Gasteiger partial charge in [-0.2, -0.15) is 5.10 Å². The maximum atomic E-state index is 9.73. The number of aliphatic hydroxyl groups is 1. The predicted octanol–water partition coefficient (Wildman–Crippen LogP) is 2.34. The van der Waals surface area contributed by atoms with Gasteiger partial charge in [-0.05, 0) is 17.9 Å². The van der Waals surface area contributed by atoms with Crippen molar-refractivity contribution in [3.05, 3.63) is 23.3 Å². The molecule has 2 rings (SSSR count). The molecule has 1 N–H and O–H groups in total. The van der Waals surface area contributed by atoms with Crippen LogP contribution < -0.4 is 0 Å².